The lowest BCUT2D eigenvalue weighted by atomic mass is 10.1. The summed E-state index contributed by atoms with van der Waals surface area (Å²) in [5, 5.41) is 3.89. The third-order valence-corrected chi connectivity index (χ3v) is 3.34. The second-order valence-corrected chi connectivity index (χ2v) is 5.02. The first-order chi connectivity index (χ1) is 10.2. The van der Waals surface area contributed by atoms with E-state index in [1.807, 2.05) is 35.9 Å². The molecule has 2 aromatic heterocycles. The first kappa shape index (κ1) is 13.4. The van der Waals surface area contributed by atoms with Crippen LogP contribution in [0.2, 0.25) is 0 Å². The molecule has 108 valence electrons. The van der Waals surface area contributed by atoms with Gasteiger partial charge in [-0.3, -0.25) is 4.79 Å². The van der Waals surface area contributed by atoms with Gasteiger partial charge in [0, 0.05) is 36.4 Å². The molecular weight excluding hydrogens is 266 g/mol. The Labute approximate surface area is 122 Å². The first-order valence-electron chi connectivity index (χ1n) is 6.96. The van der Waals surface area contributed by atoms with Gasteiger partial charge in [-0.2, -0.15) is 0 Å². The van der Waals surface area contributed by atoms with Gasteiger partial charge in [0.25, 0.3) is 5.91 Å². The van der Waals surface area contributed by atoms with Crippen molar-refractivity contribution in [3.05, 3.63) is 54.3 Å². The lowest BCUT2D eigenvalue weighted by Crippen LogP contribution is -2.25. The van der Waals surface area contributed by atoms with Crippen LogP contribution in [0, 0.1) is 6.92 Å². The summed E-state index contributed by atoms with van der Waals surface area (Å²) >= 11 is 0. The van der Waals surface area contributed by atoms with Gasteiger partial charge < -0.3 is 14.3 Å². The molecule has 1 N–H and O–H groups in total. The number of nitrogens with zero attached hydrogens (tertiary/aromatic N) is 2. The smallest absolute Gasteiger partial charge is 0.251 e. The highest BCUT2D eigenvalue weighted by Gasteiger charge is 2.07. The van der Waals surface area contributed by atoms with Crippen molar-refractivity contribution in [2.75, 3.05) is 6.54 Å². The van der Waals surface area contributed by atoms with Crippen molar-refractivity contribution in [1.29, 1.82) is 0 Å². The largest absolute Gasteiger partial charge is 0.461 e. The van der Waals surface area contributed by atoms with Gasteiger partial charge in [0.2, 0.25) is 0 Å². The van der Waals surface area contributed by atoms with Crippen LogP contribution in [0.1, 0.15) is 22.5 Å². The minimum atomic E-state index is -0.0543. The molecule has 2 heterocycles. The van der Waals surface area contributed by atoms with Crippen molar-refractivity contribution in [3.63, 3.8) is 0 Å². The Morgan fingerprint density at radius 2 is 2.29 bits per heavy atom. The molecule has 0 saturated carbocycles. The van der Waals surface area contributed by atoms with Crippen LogP contribution >= 0.6 is 0 Å². The number of fused-ring (bicyclic) bond motifs is 1. The lowest BCUT2D eigenvalue weighted by Gasteiger charge is -2.06. The Kier molecular flexibility index (Phi) is 3.73. The van der Waals surface area contributed by atoms with Crippen molar-refractivity contribution in [2.24, 2.45) is 0 Å². The van der Waals surface area contributed by atoms with E-state index in [0.717, 1.165) is 29.7 Å². The van der Waals surface area contributed by atoms with Gasteiger partial charge in [-0.1, -0.05) is 0 Å². The Balaban J connectivity index is 1.56. The zero-order valence-corrected chi connectivity index (χ0v) is 11.9. The van der Waals surface area contributed by atoms with Crippen molar-refractivity contribution < 1.29 is 9.21 Å². The molecular formula is C16H17N3O2. The Morgan fingerprint density at radius 3 is 3.10 bits per heavy atom. The molecule has 3 aromatic rings. The topological polar surface area (TPSA) is 60.1 Å². The summed E-state index contributed by atoms with van der Waals surface area (Å²) < 4.78 is 7.49. The summed E-state index contributed by atoms with van der Waals surface area (Å²) in [6.45, 7) is 3.38. The van der Waals surface area contributed by atoms with Crippen molar-refractivity contribution >= 4 is 16.9 Å². The van der Waals surface area contributed by atoms with E-state index in [0.29, 0.717) is 12.1 Å². The first-order valence-corrected chi connectivity index (χ1v) is 6.96. The summed E-state index contributed by atoms with van der Waals surface area (Å²) in [6, 6.07) is 7.42. The van der Waals surface area contributed by atoms with Crippen molar-refractivity contribution in [1.82, 2.24) is 14.9 Å². The molecule has 0 spiro atoms. The molecule has 0 saturated heterocycles. The number of amides is 1. The van der Waals surface area contributed by atoms with Gasteiger partial charge in [-0.25, -0.2) is 4.98 Å². The number of hydrogen-bond acceptors (Lipinski definition) is 3. The van der Waals surface area contributed by atoms with E-state index in [-0.39, 0.29) is 5.91 Å². The molecule has 1 amide bonds. The van der Waals surface area contributed by atoms with Gasteiger partial charge in [0.05, 0.1) is 6.33 Å². The number of hydrogen-bond donors (Lipinski definition) is 1. The second-order valence-electron chi connectivity index (χ2n) is 5.02. The van der Waals surface area contributed by atoms with Crippen LogP contribution in [0.15, 0.2) is 47.4 Å². The summed E-state index contributed by atoms with van der Waals surface area (Å²) in [5.41, 5.74) is 1.47. The molecule has 0 aliphatic heterocycles. The van der Waals surface area contributed by atoms with Crippen LogP contribution in [0.5, 0.6) is 0 Å². The molecule has 0 unspecified atom stereocenters. The van der Waals surface area contributed by atoms with Crippen LogP contribution in [0.4, 0.5) is 0 Å². The number of rotatable bonds is 5. The Hall–Kier alpha value is -2.56. The van der Waals surface area contributed by atoms with Crippen LogP contribution in [-0.4, -0.2) is 22.0 Å². The third kappa shape index (κ3) is 3.13. The summed E-state index contributed by atoms with van der Waals surface area (Å²) in [4.78, 5) is 16.1. The van der Waals surface area contributed by atoms with Gasteiger partial charge in [-0.15, -0.1) is 0 Å². The molecule has 1 aromatic carbocycles. The predicted molar refractivity (Wildman–Crippen MR) is 80.1 cm³/mol. The molecule has 5 nitrogen and oxygen atoms in total. The van der Waals surface area contributed by atoms with Crippen LogP contribution in [0.25, 0.3) is 11.0 Å². The van der Waals surface area contributed by atoms with E-state index in [1.165, 1.54) is 0 Å². The number of aryl methyl sites for hydroxylation is 2. The van der Waals surface area contributed by atoms with Crippen LogP contribution in [0.3, 0.4) is 0 Å². The van der Waals surface area contributed by atoms with Crippen molar-refractivity contribution in [2.45, 2.75) is 19.9 Å². The van der Waals surface area contributed by atoms with Gasteiger partial charge in [0.1, 0.15) is 11.3 Å². The lowest BCUT2D eigenvalue weighted by molar-refractivity contribution is 0.0953. The molecule has 0 aliphatic rings. The molecule has 0 bridgehead atoms. The Morgan fingerprint density at radius 1 is 1.38 bits per heavy atom. The van der Waals surface area contributed by atoms with Crippen LogP contribution < -0.4 is 5.32 Å². The highest BCUT2D eigenvalue weighted by molar-refractivity contribution is 5.97. The number of furan rings is 1. The average Bonchev–Trinajstić information content (AvgIpc) is 3.10. The number of benzene rings is 1. The average molecular weight is 283 g/mol. The van der Waals surface area contributed by atoms with E-state index in [9.17, 15) is 4.79 Å². The molecule has 3 rings (SSSR count). The Bertz CT molecular complexity index is 744. The minimum absolute atomic E-state index is 0.0543. The van der Waals surface area contributed by atoms with E-state index < -0.39 is 0 Å². The molecule has 0 fully saturated rings. The zero-order valence-electron chi connectivity index (χ0n) is 11.9. The summed E-state index contributed by atoms with van der Waals surface area (Å²) in [5.74, 6) is 0.796. The van der Waals surface area contributed by atoms with Gasteiger partial charge in [0.15, 0.2) is 0 Å². The maximum atomic E-state index is 12.1. The fourth-order valence-electron chi connectivity index (χ4n) is 2.30. The maximum absolute atomic E-state index is 12.1. The molecule has 0 aliphatic carbocycles. The maximum Gasteiger partial charge on any atom is 0.251 e. The van der Waals surface area contributed by atoms with Gasteiger partial charge >= 0.3 is 0 Å². The second kappa shape index (κ2) is 5.83. The zero-order chi connectivity index (χ0) is 14.7. The summed E-state index contributed by atoms with van der Waals surface area (Å²) in [7, 11) is 0. The number of aromatic nitrogens is 2. The van der Waals surface area contributed by atoms with Gasteiger partial charge in [-0.05, 0) is 37.6 Å². The highest BCUT2D eigenvalue weighted by Crippen LogP contribution is 2.20. The highest BCUT2D eigenvalue weighted by atomic mass is 16.3. The van der Waals surface area contributed by atoms with E-state index in [4.69, 9.17) is 4.42 Å². The molecule has 0 atom stereocenters. The summed E-state index contributed by atoms with van der Waals surface area (Å²) in [6.07, 6.45) is 6.31. The van der Waals surface area contributed by atoms with E-state index >= 15 is 0 Å². The van der Waals surface area contributed by atoms with E-state index in [2.05, 4.69) is 10.3 Å². The fourth-order valence-corrected chi connectivity index (χ4v) is 2.30. The molecule has 21 heavy (non-hydrogen) atoms. The van der Waals surface area contributed by atoms with Crippen LogP contribution in [-0.2, 0) is 6.54 Å². The number of carbonyl (C=O) groups excluding carboxylic acids is 1. The van der Waals surface area contributed by atoms with Crippen molar-refractivity contribution in [3.8, 4) is 0 Å². The minimum Gasteiger partial charge on any atom is -0.461 e. The van der Waals surface area contributed by atoms with E-state index in [1.54, 1.807) is 18.6 Å². The number of carbonyl (C=O) groups is 1. The predicted octanol–water partition coefficient (Wildman–Crippen LogP) is 2.76. The molecule has 0 radical (unpaired) electrons. The fraction of sp³-hybridized carbons (Fsp3) is 0.250. The normalized spacial score (nSPS) is 10.9. The molecule has 5 heteroatoms. The monoisotopic (exact) mass is 283 g/mol. The number of imidazole rings is 1. The third-order valence-electron chi connectivity index (χ3n) is 3.34. The quantitative estimate of drug-likeness (QED) is 0.732. The SMILES string of the molecule is Cc1cc2cc(C(=O)NCCCn3ccnc3)ccc2o1. The standard InChI is InChI=1S/C16H17N3O2/c1-12-9-14-10-13(3-4-15(14)21-12)16(20)18-5-2-7-19-8-6-17-11-19/h3-4,6,8-11H,2,5,7H2,1H3,(H,18,20). The number of nitrogens with one attached hydrogen (secondary N) is 1.